The molecule has 0 radical (unpaired) electrons. The third-order valence-electron chi connectivity index (χ3n) is 5.72. The lowest BCUT2D eigenvalue weighted by atomic mass is 10.2. The molecule has 0 aliphatic carbocycles. The van der Waals surface area contributed by atoms with Gasteiger partial charge in [-0.15, -0.1) is 0 Å². The van der Waals surface area contributed by atoms with E-state index in [1.807, 2.05) is 13.0 Å². The number of hydrogen-bond donors (Lipinski definition) is 1. The summed E-state index contributed by atoms with van der Waals surface area (Å²) in [6.07, 6.45) is 0.393. The van der Waals surface area contributed by atoms with Crippen molar-refractivity contribution in [2.24, 2.45) is 0 Å². The van der Waals surface area contributed by atoms with E-state index in [0.717, 1.165) is 5.56 Å². The summed E-state index contributed by atoms with van der Waals surface area (Å²) in [6.45, 7) is 4.55. The molecule has 2 aliphatic heterocycles. The van der Waals surface area contributed by atoms with Crippen molar-refractivity contribution in [3.8, 4) is 0 Å². The Labute approximate surface area is 183 Å². The molecule has 1 aromatic rings. The maximum absolute atomic E-state index is 13.0. The first-order valence-corrected chi connectivity index (χ1v) is 13.6. The number of amides is 2. The van der Waals surface area contributed by atoms with Gasteiger partial charge in [-0.25, -0.2) is 16.8 Å². The number of rotatable bonds is 6. The second-order valence-electron chi connectivity index (χ2n) is 8.22. The van der Waals surface area contributed by atoms with E-state index in [2.05, 4.69) is 5.32 Å². The molecule has 31 heavy (non-hydrogen) atoms. The van der Waals surface area contributed by atoms with Crippen molar-refractivity contribution in [1.29, 1.82) is 0 Å². The number of carbonyl (C=O) groups is 2. The first-order valence-electron chi connectivity index (χ1n) is 10.3. The molecule has 0 bridgehead atoms. The quantitative estimate of drug-likeness (QED) is 0.634. The van der Waals surface area contributed by atoms with Crippen LogP contribution in [0.25, 0.3) is 0 Å². The molecular weight excluding hydrogens is 442 g/mol. The van der Waals surface area contributed by atoms with Gasteiger partial charge in [0.25, 0.3) is 0 Å². The van der Waals surface area contributed by atoms with Crippen LogP contribution in [0.15, 0.2) is 23.1 Å². The zero-order valence-electron chi connectivity index (χ0n) is 17.8. The Bertz CT molecular complexity index is 1060. The zero-order valence-corrected chi connectivity index (χ0v) is 19.5. The lowest BCUT2D eigenvalue weighted by molar-refractivity contribution is -0.134. The SMILES string of the molecule is Cc1ccc(C)c(S(=O)(=O)N2CCN(C(=O)CCC(=O)N[C@@H]3CCS(=O)(=O)C3)CC2)c1. The van der Waals surface area contributed by atoms with Gasteiger partial charge in [-0.2, -0.15) is 4.31 Å². The largest absolute Gasteiger partial charge is 0.352 e. The third kappa shape index (κ3) is 5.83. The molecule has 0 saturated carbocycles. The summed E-state index contributed by atoms with van der Waals surface area (Å²) in [5, 5.41) is 2.67. The number of benzene rings is 1. The standard InChI is InChI=1S/C20H29N3O6S2/c1-15-3-4-16(2)18(13-15)31(28,29)23-10-8-22(9-11-23)20(25)6-5-19(24)21-17-7-12-30(26,27)14-17/h3-4,13,17H,5-12,14H2,1-2H3,(H,21,24)/t17-/m1/s1. The molecule has 1 N–H and O–H groups in total. The number of sulfonamides is 1. The molecule has 1 aromatic carbocycles. The number of nitrogens with zero attached hydrogens (tertiary/aromatic N) is 2. The third-order valence-corrected chi connectivity index (χ3v) is 9.52. The van der Waals surface area contributed by atoms with Crippen LogP contribution in [0.2, 0.25) is 0 Å². The van der Waals surface area contributed by atoms with Gasteiger partial charge >= 0.3 is 0 Å². The Hall–Kier alpha value is -1.98. The summed E-state index contributed by atoms with van der Waals surface area (Å²) in [7, 11) is -6.71. The number of sulfone groups is 1. The molecule has 9 nitrogen and oxygen atoms in total. The van der Waals surface area contributed by atoms with Crippen LogP contribution in [-0.2, 0) is 29.4 Å². The smallest absolute Gasteiger partial charge is 0.243 e. The van der Waals surface area contributed by atoms with Crippen LogP contribution >= 0.6 is 0 Å². The average Bonchev–Trinajstić information content (AvgIpc) is 3.06. The summed E-state index contributed by atoms with van der Waals surface area (Å²) >= 11 is 0. The van der Waals surface area contributed by atoms with E-state index in [-0.39, 0.29) is 73.3 Å². The molecule has 2 heterocycles. The van der Waals surface area contributed by atoms with E-state index in [1.54, 1.807) is 24.0 Å². The van der Waals surface area contributed by atoms with Gasteiger partial charge in [-0.1, -0.05) is 12.1 Å². The second kappa shape index (κ2) is 9.25. The molecule has 172 valence electrons. The van der Waals surface area contributed by atoms with Gasteiger partial charge in [0, 0.05) is 45.1 Å². The maximum atomic E-state index is 13.0. The van der Waals surface area contributed by atoms with Crippen LogP contribution in [0.1, 0.15) is 30.4 Å². The van der Waals surface area contributed by atoms with E-state index in [0.29, 0.717) is 12.0 Å². The zero-order chi connectivity index (χ0) is 22.8. The summed E-state index contributed by atoms with van der Waals surface area (Å²) in [5.41, 5.74) is 1.55. The fourth-order valence-corrected chi connectivity index (χ4v) is 7.29. The van der Waals surface area contributed by atoms with Crippen LogP contribution in [0.5, 0.6) is 0 Å². The maximum Gasteiger partial charge on any atom is 0.243 e. The molecule has 2 aliphatic rings. The highest BCUT2D eigenvalue weighted by atomic mass is 32.2. The number of aryl methyl sites for hydroxylation is 2. The molecule has 2 saturated heterocycles. The molecule has 2 fully saturated rings. The van der Waals surface area contributed by atoms with Gasteiger partial charge in [-0.3, -0.25) is 9.59 Å². The van der Waals surface area contributed by atoms with Gasteiger partial charge in [0.2, 0.25) is 21.8 Å². The Morgan fingerprint density at radius 1 is 1.10 bits per heavy atom. The Morgan fingerprint density at radius 2 is 1.77 bits per heavy atom. The van der Waals surface area contributed by atoms with E-state index in [4.69, 9.17) is 0 Å². The van der Waals surface area contributed by atoms with E-state index >= 15 is 0 Å². The topological polar surface area (TPSA) is 121 Å². The number of piperazine rings is 1. The molecule has 3 rings (SSSR count). The highest BCUT2D eigenvalue weighted by Crippen LogP contribution is 2.22. The summed E-state index contributed by atoms with van der Waals surface area (Å²) in [5.74, 6) is -0.528. The monoisotopic (exact) mass is 471 g/mol. The van der Waals surface area contributed by atoms with E-state index < -0.39 is 19.9 Å². The minimum Gasteiger partial charge on any atom is -0.352 e. The van der Waals surface area contributed by atoms with Gasteiger partial charge < -0.3 is 10.2 Å². The minimum absolute atomic E-state index is 0.00897. The van der Waals surface area contributed by atoms with Crippen molar-refractivity contribution in [2.75, 3.05) is 37.7 Å². The van der Waals surface area contributed by atoms with Crippen molar-refractivity contribution in [3.63, 3.8) is 0 Å². The fraction of sp³-hybridized carbons (Fsp3) is 0.600. The predicted molar refractivity (Wildman–Crippen MR) is 116 cm³/mol. The van der Waals surface area contributed by atoms with E-state index in [9.17, 15) is 26.4 Å². The molecule has 11 heteroatoms. The number of carbonyl (C=O) groups excluding carboxylic acids is 2. The van der Waals surface area contributed by atoms with Crippen LogP contribution in [0.3, 0.4) is 0 Å². The summed E-state index contributed by atoms with van der Waals surface area (Å²) < 4.78 is 50.3. The highest BCUT2D eigenvalue weighted by Gasteiger charge is 2.32. The first-order chi connectivity index (χ1) is 14.5. The van der Waals surface area contributed by atoms with Gasteiger partial charge in [0.05, 0.1) is 16.4 Å². The van der Waals surface area contributed by atoms with Crippen molar-refractivity contribution < 1.29 is 26.4 Å². The van der Waals surface area contributed by atoms with Crippen molar-refractivity contribution >= 4 is 31.7 Å². The van der Waals surface area contributed by atoms with Crippen molar-refractivity contribution in [3.05, 3.63) is 29.3 Å². The first kappa shape index (κ1) is 23.7. The van der Waals surface area contributed by atoms with Crippen LogP contribution in [0, 0.1) is 13.8 Å². The minimum atomic E-state index is -3.63. The van der Waals surface area contributed by atoms with Crippen LogP contribution in [0.4, 0.5) is 0 Å². The van der Waals surface area contributed by atoms with Crippen LogP contribution in [-0.4, -0.2) is 81.6 Å². The summed E-state index contributed by atoms with van der Waals surface area (Å²) in [4.78, 5) is 26.3. The molecule has 0 unspecified atom stereocenters. The Kier molecular flexibility index (Phi) is 7.07. The molecule has 1 atom stereocenters. The number of nitrogens with one attached hydrogen (secondary N) is 1. The average molecular weight is 472 g/mol. The molecular formula is C20H29N3O6S2. The van der Waals surface area contributed by atoms with Gasteiger partial charge in [-0.05, 0) is 37.5 Å². The molecule has 2 amide bonds. The molecule has 0 spiro atoms. The van der Waals surface area contributed by atoms with Crippen molar-refractivity contribution in [2.45, 2.75) is 44.0 Å². The normalized spacial score (nSPS) is 21.7. The summed E-state index contributed by atoms with van der Waals surface area (Å²) in [6, 6.07) is 4.93. The van der Waals surface area contributed by atoms with Gasteiger partial charge in [0.15, 0.2) is 9.84 Å². The number of hydrogen-bond acceptors (Lipinski definition) is 6. The van der Waals surface area contributed by atoms with Gasteiger partial charge in [0.1, 0.15) is 0 Å². The second-order valence-corrected chi connectivity index (χ2v) is 12.4. The predicted octanol–water partition coefficient (Wildman–Crippen LogP) is 0.220. The molecule has 0 aromatic heterocycles. The van der Waals surface area contributed by atoms with Crippen molar-refractivity contribution in [1.82, 2.24) is 14.5 Å². The Morgan fingerprint density at radius 3 is 2.39 bits per heavy atom. The highest BCUT2D eigenvalue weighted by molar-refractivity contribution is 7.91. The fourth-order valence-electron chi connectivity index (χ4n) is 3.89. The lowest BCUT2D eigenvalue weighted by Crippen LogP contribution is -2.50. The van der Waals surface area contributed by atoms with Crippen LogP contribution < -0.4 is 5.32 Å². The van der Waals surface area contributed by atoms with E-state index in [1.165, 1.54) is 4.31 Å². The Balaban J connectivity index is 1.48. The lowest BCUT2D eigenvalue weighted by Gasteiger charge is -2.34.